The highest BCUT2D eigenvalue weighted by atomic mass is 35.5. The average Bonchev–Trinajstić information content (AvgIpc) is 2.34. The first-order chi connectivity index (χ1) is 8.60. The molecule has 2 aromatic rings. The maximum absolute atomic E-state index is 6.07. The minimum absolute atomic E-state index is 0.388. The van der Waals surface area contributed by atoms with Gasteiger partial charge in [0.25, 0.3) is 0 Å². The zero-order valence-corrected chi connectivity index (χ0v) is 12.0. The number of alkyl halides is 1. The highest BCUT2D eigenvalue weighted by Gasteiger charge is 2.04. The molecule has 0 unspecified atom stereocenters. The first-order valence-electron chi connectivity index (χ1n) is 5.38. The third-order valence-electron chi connectivity index (χ3n) is 2.53. The minimum atomic E-state index is 0.388. The first kappa shape index (κ1) is 13.5. The summed E-state index contributed by atoms with van der Waals surface area (Å²) in [5.74, 6) is 1.79. The summed E-state index contributed by atoms with van der Waals surface area (Å²) in [6.45, 7) is 1.93. The van der Waals surface area contributed by atoms with Crippen LogP contribution in [0.2, 0.25) is 10.0 Å². The molecule has 0 aliphatic heterocycles. The molecular weight excluding hydrogens is 291 g/mol. The van der Waals surface area contributed by atoms with Crippen LogP contribution in [0.5, 0.6) is 11.5 Å². The Morgan fingerprint density at radius 1 is 0.944 bits per heavy atom. The second kappa shape index (κ2) is 5.83. The fraction of sp³-hybridized carbons (Fsp3) is 0.143. The van der Waals surface area contributed by atoms with Gasteiger partial charge in [-0.15, -0.1) is 11.6 Å². The highest BCUT2D eigenvalue weighted by Crippen LogP contribution is 2.29. The summed E-state index contributed by atoms with van der Waals surface area (Å²) in [4.78, 5) is 0. The van der Waals surface area contributed by atoms with Gasteiger partial charge in [0.15, 0.2) is 0 Å². The van der Waals surface area contributed by atoms with Gasteiger partial charge in [0.1, 0.15) is 11.5 Å². The predicted molar refractivity (Wildman–Crippen MR) is 77.3 cm³/mol. The van der Waals surface area contributed by atoms with E-state index in [0.717, 1.165) is 21.9 Å². The van der Waals surface area contributed by atoms with E-state index in [9.17, 15) is 0 Å². The zero-order valence-electron chi connectivity index (χ0n) is 9.71. The quantitative estimate of drug-likeness (QED) is 0.648. The van der Waals surface area contributed by atoms with Crippen molar-refractivity contribution in [2.24, 2.45) is 0 Å². The molecule has 4 heteroatoms. The third-order valence-corrected chi connectivity index (χ3v) is 3.60. The molecular formula is C14H11Cl3O. The molecule has 2 aromatic carbocycles. The van der Waals surface area contributed by atoms with Crippen LogP contribution in [0.4, 0.5) is 0 Å². The van der Waals surface area contributed by atoms with Crippen molar-refractivity contribution in [2.75, 3.05) is 0 Å². The summed E-state index contributed by atoms with van der Waals surface area (Å²) >= 11 is 17.8. The van der Waals surface area contributed by atoms with E-state index in [-0.39, 0.29) is 0 Å². The topological polar surface area (TPSA) is 9.23 Å². The Kier molecular flexibility index (Phi) is 4.39. The summed E-state index contributed by atoms with van der Waals surface area (Å²) in [5.41, 5.74) is 1.86. The summed E-state index contributed by atoms with van der Waals surface area (Å²) < 4.78 is 5.71. The van der Waals surface area contributed by atoms with Gasteiger partial charge in [-0.25, -0.2) is 0 Å². The fourth-order valence-electron chi connectivity index (χ4n) is 1.52. The standard InChI is InChI=1S/C14H11Cl3O/c1-9-6-11(4-5-13(9)16)18-12-3-2-10(8-15)14(17)7-12/h2-7H,8H2,1H3. The molecule has 0 saturated carbocycles. The van der Waals surface area contributed by atoms with Crippen molar-refractivity contribution in [3.63, 3.8) is 0 Å². The van der Waals surface area contributed by atoms with E-state index in [4.69, 9.17) is 39.5 Å². The SMILES string of the molecule is Cc1cc(Oc2ccc(CCl)c(Cl)c2)ccc1Cl. The van der Waals surface area contributed by atoms with E-state index in [0.29, 0.717) is 16.7 Å². The van der Waals surface area contributed by atoms with E-state index in [1.165, 1.54) is 0 Å². The second-order valence-corrected chi connectivity index (χ2v) is 4.98. The van der Waals surface area contributed by atoms with Crippen LogP contribution in [-0.4, -0.2) is 0 Å². The molecule has 0 aliphatic carbocycles. The third kappa shape index (κ3) is 3.11. The van der Waals surface area contributed by atoms with Crippen LogP contribution < -0.4 is 4.74 Å². The number of hydrogen-bond acceptors (Lipinski definition) is 1. The van der Waals surface area contributed by atoms with Gasteiger partial charge < -0.3 is 4.74 Å². The number of benzene rings is 2. The number of aryl methyl sites for hydroxylation is 1. The lowest BCUT2D eigenvalue weighted by molar-refractivity contribution is 0.482. The molecule has 0 fully saturated rings. The molecule has 0 aromatic heterocycles. The van der Waals surface area contributed by atoms with Crippen LogP contribution in [0.3, 0.4) is 0 Å². The van der Waals surface area contributed by atoms with Crippen LogP contribution in [0.25, 0.3) is 0 Å². The molecule has 0 heterocycles. The predicted octanol–water partition coefficient (Wildman–Crippen LogP) is 5.83. The highest BCUT2D eigenvalue weighted by molar-refractivity contribution is 6.32. The van der Waals surface area contributed by atoms with Crippen molar-refractivity contribution in [3.05, 3.63) is 57.6 Å². The fourth-order valence-corrected chi connectivity index (χ4v) is 2.17. The number of hydrogen-bond donors (Lipinski definition) is 0. The molecule has 94 valence electrons. The Morgan fingerprint density at radius 3 is 2.22 bits per heavy atom. The van der Waals surface area contributed by atoms with E-state index >= 15 is 0 Å². The zero-order chi connectivity index (χ0) is 13.1. The molecule has 0 spiro atoms. The van der Waals surface area contributed by atoms with E-state index < -0.39 is 0 Å². The van der Waals surface area contributed by atoms with Gasteiger partial charge in [-0.05, 0) is 48.4 Å². The van der Waals surface area contributed by atoms with Crippen molar-refractivity contribution in [3.8, 4) is 11.5 Å². The maximum atomic E-state index is 6.07. The molecule has 0 N–H and O–H groups in total. The lowest BCUT2D eigenvalue weighted by Crippen LogP contribution is -1.87. The monoisotopic (exact) mass is 300 g/mol. The molecule has 0 radical (unpaired) electrons. The summed E-state index contributed by atoms with van der Waals surface area (Å²) in [5, 5.41) is 1.33. The number of rotatable bonds is 3. The van der Waals surface area contributed by atoms with Crippen LogP contribution in [0.1, 0.15) is 11.1 Å². The van der Waals surface area contributed by atoms with Gasteiger partial charge in [0.05, 0.1) is 0 Å². The van der Waals surface area contributed by atoms with Crippen molar-refractivity contribution in [2.45, 2.75) is 12.8 Å². The van der Waals surface area contributed by atoms with Gasteiger partial charge >= 0.3 is 0 Å². The van der Waals surface area contributed by atoms with Gasteiger partial charge in [0.2, 0.25) is 0 Å². The molecule has 0 atom stereocenters. The summed E-state index contributed by atoms with van der Waals surface area (Å²) in [7, 11) is 0. The molecule has 18 heavy (non-hydrogen) atoms. The maximum Gasteiger partial charge on any atom is 0.128 e. The molecule has 2 rings (SSSR count). The van der Waals surface area contributed by atoms with Gasteiger partial charge in [-0.2, -0.15) is 0 Å². The molecule has 0 saturated heterocycles. The van der Waals surface area contributed by atoms with Crippen LogP contribution in [0.15, 0.2) is 36.4 Å². The Morgan fingerprint density at radius 2 is 1.61 bits per heavy atom. The average molecular weight is 302 g/mol. The lowest BCUT2D eigenvalue weighted by Gasteiger charge is -2.09. The normalized spacial score (nSPS) is 10.4. The van der Waals surface area contributed by atoms with Crippen LogP contribution >= 0.6 is 34.8 Å². The molecule has 0 amide bonds. The van der Waals surface area contributed by atoms with Crippen molar-refractivity contribution in [1.82, 2.24) is 0 Å². The van der Waals surface area contributed by atoms with E-state index in [1.54, 1.807) is 12.1 Å². The Bertz CT molecular complexity index is 567. The molecule has 1 nitrogen and oxygen atoms in total. The Labute approximate surface area is 121 Å². The van der Waals surface area contributed by atoms with Crippen molar-refractivity contribution >= 4 is 34.8 Å². The second-order valence-electron chi connectivity index (χ2n) is 3.90. The smallest absolute Gasteiger partial charge is 0.128 e. The number of halogens is 3. The van der Waals surface area contributed by atoms with Crippen LogP contribution in [0, 0.1) is 6.92 Å². The Hall–Kier alpha value is -0.890. The van der Waals surface area contributed by atoms with Gasteiger partial charge in [-0.3, -0.25) is 0 Å². The van der Waals surface area contributed by atoms with Crippen molar-refractivity contribution < 1.29 is 4.74 Å². The van der Waals surface area contributed by atoms with Crippen LogP contribution in [-0.2, 0) is 5.88 Å². The van der Waals surface area contributed by atoms with E-state index in [2.05, 4.69) is 0 Å². The summed E-state index contributed by atoms with van der Waals surface area (Å²) in [6, 6.07) is 11.0. The van der Waals surface area contributed by atoms with Gasteiger partial charge in [0, 0.05) is 15.9 Å². The Balaban J connectivity index is 2.23. The molecule has 0 aliphatic rings. The van der Waals surface area contributed by atoms with Crippen molar-refractivity contribution in [1.29, 1.82) is 0 Å². The van der Waals surface area contributed by atoms with E-state index in [1.807, 2.05) is 31.2 Å². The summed E-state index contributed by atoms with van der Waals surface area (Å²) in [6.07, 6.45) is 0. The first-order valence-corrected chi connectivity index (χ1v) is 6.67. The largest absolute Gasteiger partial charge is 0.457 e. The lowest BCUT2D eigenvalue weighted by atomic mass is 10.2. The minimum Gasteiger partial charge on any atom is -0.457 e. The van der Waals surface area contributed by atoms with Gasteiger partial charge in [-0.1, -0.05) is 29.3 Å². The molecule has 0 bridgehead atoms. The number of ether oxygens (including phenoxy) is 1.